The number of aromatic nitrogens is 4. The van der Waals surface area contributed by atoms with Gasteiger partial charge in [0.25, 0.3) is 5.56 Å². The fourth-order valence-corrected chi connectivity index (χ4v) is 7.47. The van der Waals surface area contributed by atoms with E-state index in [0.29, 0.717) is 33.9 Å². The number of urea groups is 1. The Hall–Kier alpha value is -3.14. The van der Waals surface area contributed by atoms with Crippen LogP contribution in [-0.4, -0.2) is 42.5 Å². The highest BCUT2D eigenvalue weighted by Gasteiger charge is 2.51. The quantitative estimate of drug-likeness (QED) is 0.371. The zero-order valence-electron chi connectivity index (χ0n) is 19.5. The number of hydrogen-bond acceptors (Lipinski definition) is 6. The number of nitrogens with zero attached hydrogens (tertiary/aromatic N) is 3. The Morgan fingerprint density at radius 1 is 1.11 bits per heavy atom. The van der Waals surface area contributed by atoms with Crippen LogP contribution >= 0.6 is 11.8 Å². The number of rotatable bonds is 5. The molecule has 4 aliphatic rings. The highest BCUT2D eigenvalue weighted by molar-refractivity contribution is 8.00. The summed E-state index contributed by atoms with van der Waals surface area (Å²) < 4.78 is 1.60. The molecule has 0 saturated heterocycles. The molecule has 182 valence electrons. The predicted octanol–water partition coefficient (Wildman–Crippen LogP) is 3.38. The van der Waals surface area contributed by atoms with Crippen LogP contribution in [0.4, 0.5) is 4.79 Å². The zero-order valence-corrected chi connectivity index (χ0v) is 20.3. The van der Waals surface area contributed by atoms with Crippen LogP contribution in [0.25, 0.3) is 16.7 Å². The molecule has 3 aromatic rings. The molecule has 9 nitrogen and oxygen atoms in total. The lowest BCUT2D eigenvalue weighted by Crippen LogP contribution is -2.62. The van der Waals surface area contributed by atoms with Crippen molar-refractivity contribution in [3.63, 3.8) is 0 Å². The second-order valence-electron chi connectivity index (χ2n) is 10.4. The molecule has 1 aromatic carbocycles. The van der Waals surface area contributed by atoms with Crippen molar-refractivity contribution < 1.29 is 9.59 Å². The molecule has 3 amide bonds. The SMILES string of the molecule is CC(Sc1nc2c(cnn2-c2ccccc2)c(=O)[nH]1)C(=O)NC(=O)NC12CC3CC(CC(C3)C1)C2. The summed E-state index contributed by atoms with van der Waals surface area (Å²) in [6.07, 6.45) is 8.39. The van der Waals surface area contributed by atoms with Gasteiger partial charge in [0.1, 0.15) is 5.39 Å². The van der Waals surface area contributed by atoms with Gasteiger partial charge in [-0.1, -0.05) is 30.0 Å². The van der Waals surface area contributed by atoms with Crippen molar-refractivity contribution in [2.24, 2.45) is 17.8 Å². The van der Waals surface area contributed by atoms with E-state index in [1.165, 1.54) is 25.5 Å². The van der Waals surface area contributed by atoms with E-state index >= 15 is 0 Å². The van der Waals surface area contributed by atoms with Crippen molar-refractivity contribution in [1.82, 2.24) is 30.4 Å². The summed E-state index contributed by atoms with van der Waals surface area (Å²) in [5, 5.41) is 10.0. The van der Waals surface area contributed by atoms with Crippen LogP contribution in [0.3, 0.4) is 0 Å². The van der Waals surface area contributed by atoms with Gasteiger partial charge in [-0.2, -0.15) is 5.10 Å². The molecule has 2 heterocycles. The number of aromatic amines is 1. The molecular weight excluding hydrogens is 464 g/mol. The summed E-state index contributed by atoms with van der Waals surface area (Å²) in [5.74, 6) is 1.69. The number of carbonyl (C=O) groups is 2. The number of amides is 3. The summed E-state index contributed by atoms with van der Waals surface area (Å²) in [5.41, 5.74) is 0.702. The highest BCUT2D eigenvalue weighted by atomic mass is 32.2. The second kappa shape index (κ2) is 8.51. The van der Waals surface area contributed by atoms with E-state index < -0.39 is 17.2 Å². The summed E-state index contributed by atoms with van der Waals surface area (Å²) >= 11 is 1.10. The topological polar surface area (TPSA) is 122 Å². The first-order valence-corrected chi connectivity index (χ1v) is 13.1. The molecule has 1 atom stereocenters. The van der Waals surface area contributed by atoms with E-state index in [9.17, 15) is 14.4 Å². The lowest BCUT2D eigenvalue weighted by molar-refractivity contribution is -0.119. The fourth-order valence-electron chi connectivity index (χ4n) is 6.68. The van der Waals surface area contributed by atoms with Crippen LogP contribution < -0.4 is 16.2 Å². The number of hydrogen-bond donors (Lipinski definition) is 3. The molecule has 4 aliphatic carbocycles. The standard InChI is InChI=1S/C25H28N6O3S/c1-14(21(32)28-23(34)30-25-10-15-7-16(11-25)9-17(8-15)12-25)35-24-27-20-19(22(33)29-24)13-26-31(20)18-5-3-2-4-6-18/h2-6,13-17H,7-12H2,1H3,(H,27,29,33)(H2,28,30,32,34). The van der Waals surface area contributed by atoms with E-state index in [0.717, 1.165) is 36.7 Å². The van der Waals surface area contributed by atoms with Crippen molar-refractivity contribution >= 4 is 34.7 Å². The van der Waals surface area contributed by atoms with Crippen LogP contribution in [0.1, 0.15) is 45.4 Å². The maximum atomic E-state index is 12.8. The Kier molecular flexibility index (Phi) is 5.43. The van der Waals surface area contributed by atoms with Gasteiger partial charge in [0.2, 0.25) is 5.91 Å². The molecule has 10 heteroatoms. The van der Waals surface area contributed by atoms with Crippen molar-refractivity contribution in [1.29, 1.82) is 0 Å². The summed E-state index contributed by atoms with van der Waals surface area (Å²) in [7, 11) is 0. The third-order valence-corrected chi connectivity index (χ3v) is 8.71. The molecule has 4 saturated carbocycles. The number of H-pyrrole nitrogens is 1. The number of thioether (sulfide) groups is 1. The maximum absolute atomic E-state index is 12.8. The summed E-state index contributed by atoms with van der Waals surface area (Å²) in [4.78, 5) is 45.4. The lowest BCUT2D eigenvalue weighted by atomic mass is 9.53. The minimum atomic E-state index is -0.634. The summed E-state index contributed by atoms with van der Waals surface area (Å²) in [6, 6.07) is 8.99. The zero-order chi connectivity index (χ0) is 24.2. The van der Waals surface area contributed by atoms with Crippen molar-refractivity contribution in [2.45, 2.75) is 61.4 Å². The first-order valence-electron chi connectivity index (χ1n) is 12.2. The largest absolute Gasteiger partial charge is 0.332 e. The van der Waals surface area contributed by atoms with Gasteiger partial charge in [0.15, 0.2) is 10.8 Å². The Balaban J connectivity index is 1.13. The maximum Gasteiger partial charge on any atom is 0.321 e. The number of carbonyl (C=O) groups excluding carboxylic acids is 2. The number of nitrogens with one attached hydrogen (secondary N) is 3. The molecule has 35 heavy (non-hydrogen) atoms. The van der Waals surface area contributed by atoms with Gasteiger partial charge in [-0.3, -0.25) is 14.9 Å². The average Bonchev–Trinajstić information content (AvgIpc) is 3.23. The molecule has 0 radical (unpaired) electrons. The molecule has 2 aromatic heterocycles. The number of fused-ring (bicyclic) bond motifs is 1. The van der Waals surface area contributed by atoms with Crippen LogP contribution in [0.15, 0.2) is 46.5 Å². The fraction of sp³-hybridized carbons (Fsp3) is 0.480. The van der Waals surface area contributed by atoms with Crippen molar-refractivity contribution in [3.8, 4) is 5.69 Å². The van der Waals surface area contributed by atoms with Crippen LogP contribution in [0.2, 0.25) is 0 Å². The van der Waals surface area contributed by atoms with Crippen molar-refractivity contribution in [2.75, 3.05) is 0 Å². The molecule has 1 unspecified atom stereocenters. The van der Waals surface area contributed by atoms with E-state index in [2.05, 4.69) is 25.7 Å². The molecule has 0 spiro atoms. The van der Waals surface area contributed by atoms with E-state index in [1.807, 2.05) is 30.3 Å². The van der Waals surface area contributed by atoms with E-state index in [4.69, 9.17) is 0 Å². The van der Waals surface area contributed by atoms with Gasteiger partial charge >= 0.3 is 6.03 Å². The normalized spacial score (nSPS) is 27.6. The summed E-state index contributed by atoms with van der Waals surface area (Å²) in [6.45, 7) is 1.69. The predicted molar refractivity (Wildman–Crippen MR) is 132 cm³/mol. The molecule has 4 bridgehead atoms. The molecule has 4 fully saturated rings. The van der Waals surface area contributed by atoms with Gasteiger partial charge in [-0.25, -0.2) is 14.5 Å². The van der Waals surface area contributed by atoms with E-state index in [1.54, 1.807) is 11.6 Å². The Morgan fingerprint density at radius 2 is 1.77 bits per heavy atom. The third-order valence-electron chi connectivity index (χ3n) is 7.73. The third kappa shape index (κ3) is 4.24. The smallest absolute Gasteiger partial charge is 0.321 e. The van der Waals surface area contributed by atoms with Gasteiger partial charge in [0, 0.05) is 5.54 Å². The van der Waals surface area contributed by atoms with Crippen LogP contribution in [-0.2, 0) is 4.79 Å². The average molecular weight is 493 g/mol. The van der Waals surface area contributed by atoms with Gasteiger partial charge < -0.3 is 10.3 Å². The van der Waals surface area contributed by atoms with Crippen molar-refractivity contribution in [3.05, 3.63) is 46.9 Å². The Morgan fingerprint density at radius 3 is 2.43 bits per heavy atom. The second-order valence-corrected chi connectivity index (χ2v) is 11.7. The number of imide groups is 1. The molecule has 0 aliphatic heterocycles. The van der Waals surface area contributed by atoms with Gasteiger partial charge in [0.05, 0.1) is 17.1 Å². The minimum absolute atomic E-state index is 0.164. The number of benzene rings is 1. The van der Waals surface area contributed by atoms with Gasteiger partial charge in [-0.05, 0) is 75.3 Å². The molecular formula is C25H28N6O3S. The number of para-hydroxylation sites is 1. The first-order chi connectivity index (χ1) is 16.9. The van der Waals surface area contributed by atoms with E-state index in [-0.39, 0.29) is 11.1 Å². The molecule has 3 N–H and O–H groups in total. The van der Waals surface area contributed by atoms with Gasteiger partial charge in [-0.15, -0.1) is 0 Å². The first kappa shape index (κ1) is 22.3. The Labute approximate surface area is 206 Å². The minimum Gasteiger partial charge on any atom is -0.332 e. The van der Waals surface area contributed by atoms with Crippen LogP contribution in [0, 0.1) is 17.8 Å². The molecule has 7 rings (SSSR count). The Bertz CT molecular complexity index is 1310. The monoisotopic (exact) mass is 492 g/mol. The highest BCUT2D eigenvalue weighted by Crippen LogP contribution is 2.55. The lowest BCUT2D eigenvalue weighted by Gasteiger charge is -2.56. The van der Waals surface area contributed by atoms with Crippen LogP contribution in [0.5, 0.6) is 0 Å².